The van der Waals surface area contributed by atoms with E-state index in [0.717, 1.165) is 5.69 Å². The molecule has 1 heterocycles. The van der Waals surface area contributed by atoms with E-state index < -0.39 is 0 Å². The van der Waals surface area contributed by atoms with Crippen molar-refractivity contribution in [1.29, 1.82) is 0 Å². The first-order valence-electron chi connectivity index (χ1n) is 7.84. The molecule has 0 spiro atoms. The number of aryl methyl sites for hydroxylation is 1. The van der Waals surface area contributed by atoms with Crippen LogP contribution in [0.4, 0.5) is 5.69 Å². The highest BCUT2D eigenvalue weighted by atomic mass is 35.5. The van der Waals surface area contributed by atoms with E-state index in [0.29, 0.717) is 34.3 Å². The first-order chi connectivity index (χ1) is 11.9. The Hall–Kier alpha value is -2.47. The number of esters is 1. The average molecular weight is 365 g/mol. The second kappa shape index (κ2) is 8.07. The lowest BCUT2D eigenvalue weighted by Gasteiger charge is -2.11. The van der Waals surface area contributed by atoms with Crippen molar-refractivity contribution in [2.45, 2.75) is 27.3 Å². The molecule has 0 aliphatic carbocycles. The summed E-state index contributed by atoms with van der Waals surface area (Å²) >= 11 is 6.06. The lowest BCUT2D eigenvalue weighted by molar-refractivity contribution is -0.116. The average Bonchev–Trinajstić information content (AvgIpc) is 2.83. The van der Waals surface area contributed by atoms with Crippen molar-refractivity contribution in [3.05, 3.63) is 46.2 Å². The molecular weight excluding hydrogens is 344 g/mol. The lowest BCUT2D eigenvalue weighted by atomic mass is 10.2. The summed E-state index contributed by atoms with van der Waals surface area (Å²) < 4.78 is 11.9. The Morgan fingerprint density at radius 3 is 2.56 bits per heavy atom. The van der Waals surface area contributed by atoms with E-state index in [-0.39, 0.29) is 18.4 Å². The topological polar surface area (TPSA) is 69.6 Å². The number of anilines is 1. The van der Waals surface area contributed by atoms with E-state index in [1.807, 2.05) is 6.92 Å². The maximum Gasteiger partial charge on any atom is 0.339 e. The molecule has 0 atom stereocenters. The van der Waals surface area contributed by atoms with Gasteiger partial charge < -0.3 is 19.4 Å². The van der Waals surface area contributed by atoms with Gasteiger partial charge in [0.05, 0.1) is 24.3 Å². The molecule has 2 rings (SSSR count). The van der Waals surface area contributed by atoms with E-state index in [1.54, 1.807) is 42.7 Å². The summed E-state index contributed by atoms with van der Waals surface area (Å²) in [4.78, 5) is 24.3. The standard InChI is InChI=1S/C18H21ClN2O4/c1-5-25-18(23)14-8-11(2)21(12(14)3)10-17(22)20-13-6-7-16(24-4)15(19)9-13/h6-9H,5,10H2,1-4H3,(H,20,22). The normalized spacial score (nSPS) is 10.4. The molecule has 1 amide bonds. The van der Waals surface area contributed by atoms with Crippen LogP contribution in [0.25, 0.3) is 0 Å². The number of benzene rings is 1. The monoisotopic (exact) mass is 364 g/mol. The zero-order valence-electron chi connectivity index (χ0n) is 14.7. The smallest absolute Gasteiger partial charge is 0.339 e. The van der Waals surface area contributed by atoms with Crippen LogP contribution < -0.4 is 10.1 Å². The highest BCUT2D eigenvalue weighted by Gasteiger charge is 2.18. The summed E-state index contributed by atoms with van der Waals surface area (Å²) in [6.45, 7) is 5.77. The number of nitrogens with one attached hydrogen (secondary N) is 1. The minimum absolute atomic E-state index is 0.0840. The van der Waals surface area contributed by atoms with Gasteiger partial charge in [-0.1, -0.05) is 11.6 Å². The van der Waals surface area contributed by atoms with Crippen LogP contribution in [0.3, 0.4) is 0 Å². The van der Waals surface area contributed by atoms with Crippen LogP contribution in [0.2, 0.25) is 5.02 Å². The number of ether oxygens (including phenoxy) is 2. The number of hydrogen-bond donors (Lipinski definition) is 1. The number of rotatable bonds is 6. The van der Waals surface area contributed by atoms with Crippen molar-refractivity contribution in [3.8, 4) is 5.75 Å². The largest absolute Gasteiger partial charge is 0.495 e. The predicted octanol–water partition coefficient (Wildman–Crippen LogP) is 3.58. The number of amides is 1. The van der Waals surface area contributed by atoms with Crippen LogP contribution in [0, 0.1) is 13.8 Å². The van der Waals surface area contributed by atoms with Crippen molar-refractivity contribution in [1.82, 2.24) is 4.57 Å². The molecule has 0 saturated heterocycles. The van der Waals surface area contributed by atoms with Gasteiger partial charge in [0.15, 0.2) is 0 Å². The van der Waals surface area contributed by atoms with Gasteiger partial charge in [-0.25, -0.2) is 4.79 Å². The Morgan fingerprint density at radius 2 is 1.96 bits per heavy atom. The summed E-state index contributed by atoms with van der Waals surface area (Å²) in [5.74, 6) is -0.0709. The zero-order valence-corrected chi connectivity index (χ0v) is 15.4. The molecule has 1 aromatic carbocycles. The maximum atomic E-state index is 12.3. The molecule has 2 aromatic rings. The van der Waals surface area contributed by atoms with Crippen LogP contribution in [-0.2, 0) is 16.1 Å². The Kier molecular flexibility index (Phi) is 6.09. The van der Waals surface area contributed by atoms with Gasteiger partial charge in [-0.15, -0.1) is 0 Å². The molecule has 0 saturated carbocycles. The van der Waals surface area contributed by atoms with Gasteiger partial charge in [-0.05, 0) is 45.0 Å². The number of hydrogen-bond acceptors (Lipinski definition) is 4. The van der Waals surface area contributed by atoms with E-state index in [2.05, 4.69) is 5.32 Å². The summed E-state index contributed by atoms with van der Waals surface area (Å²) in [6, 6.07) is 6.74. The number of aromatic nitrogens is 1. The molecule has 25 heavy (non-hydrogen) atoms. The second-order valence-corrected chi connectivity index (χ2v) is 5.90. The zero-order chi connectivity index (χ0) is 18.6. The van der Waals surface area contributed by atoms with Crippen molar-refractivity contribution in [2.24, 2.45) is 0 Å². The molecule has 7 heteroatoms. The Labute approximate surface area is 151 Å². The van der Waals surface area contributed by atoms with E-state index >= 15 is 0 Å². The summed E-state index contributed by atoms with van der Waals surface area (Å²) in [7, 11) is 1.53. The minimum atomic E-state index is -0.385. The van der Waals surface area contributed by atoms with Crippen LogP contribution in [0.1, 0.15) is 28.7 Å². The molecule has 0 radical (unpaired) electrons. The molecule has 0 aliphatic rings. The quantitative estimate of drug-likeness (QED) is 0.795. The molecule has 0 unspecified atom stereocenters. The van der Waals surface area contributed by atoms with E-state index in [4.69, 9.17) is 21.1 Å². The van der Waals surface area contributed by atoms with Gasteiger partial charge in [0.1, 0.15) is 12.3 Å². The van der Waals surface area contributed by atoms with Crippen molar-refractivity contribution in [2.75, 3.05) is 19.0 Å². The molecule has 0 bridgehead atoms. The number of carbonyl (C=O) groups is 2. The van der Waals surface area contributed by atoms with Crippen LogP contribution in [-0.4, -0.2) is 30.2 Å². The van der Waals surface area contributed by atoms with Gasteiger partial charge in [0.2, 0.25) is 5.91 Å². The Bertz CT molecular complexity index is 799. The molecule has 1 N–H and O–H groups in total. The first kappa shape index (κ1) is 18.9. The summed E-state index contributed by atoms with van der Waals surface area (Å²) in [6.07, 6.45) is 0. The molecular formula is C18H21ClN2O4. The molecule has 1 aromatic heterocycles. The van der Waals surface area contributed by atoms with Crippen LogP contribution in [0.5, 0.6) is 5.75 Å². The third-order valence-corrected chi connectivity index (χ3v) is 4.10. The van der Waals surface area contributed by atoms with Gasteiger partial charge in [-0.2, -0.15) is 0 Å². The summed E-state index contributed by atoms with van der Waals surface area (Å²) in [5.41, 5.74) is 2.55. The number of carbonyl (C=O) groups excluding carboxylic acids is 2. The number of methoxy groups -OCH3 is 1. The summed E-state index contributed by atoms with van der Waals surface area (Å²) in [5, 5.41) is 3.20. The third kappa shape index (κ3) is 4.33. The highest BCUT2D eigenvalue weighted by Crippen LogP contribution is 2.27. The maximum absolute atomic E-state index is 12.3. The lowest BCUT2D eigenvalue weighted by Crippen LogP contribution is -2.20. The van der Waals surface area contributed by atoms with Crippen molar-refractivity contribution < 1.29 is 19.1 Å². The molecule has 6 nitrogen and oxygen atoms in total. The molecule has 0 aliphatic heterocycles. The molecule has 0 fully saturated rings. The van der Waals surface area contributed by atoms with Gasteiger partial charge in [-0.3, -0.25) is 4.79 Å². The van der Waals surface area contributed by atoms with Gasteiger partial charge >= 0.3 is 5.97 Å². The van der Waals surface area contributed by atoms with Gasteiger partial charge in [0, 0.05) is 17.1 Å². The minimum Gasteiger partial charge on any atom is -0.495 e. The van der Waals surface area contributed by atoms with Crippen LogP contribution >= 0.6 is 11.6 Å². The second-order valence-electron chi connectivity index (χ2n) is 5.49. The highest BCUT2D eigenvalue weighted by molar-refractivity contribution is 6.32. The fourth-order valence-corrected chi connectivity index (χ4v) is 2.81. The first-order valence-corrected chi connectivity index (χ1v) is 8.22. The van der Waals surface area contributed by atoms with Crippen molar-refractivity contribution >= 4 is 29.2 Å². The Balaban J connectivity index is 2.13. The number of halogens is 1. The van der Waals surface area contributed by atoms with Gasteiger partial charge in [0.25, 0.3) is 0 Å². The van der Waals surface area contributed by atoms with Crippen LogP contribution in [0.15, 0.2) is 24.3 Å². The molecule has 134 valence electrons. The van der Waals surface area contributed by atoms with E-state index in [1.165, 1.54) is 7.11 Å². The van der Waals surface area contributed by atoms with E-state index in [9.17, 15) is 9.59 Å². The Morgan fingerprint density at radius 1 is 1.24 bits per heavy atom. The predicted molar refractivity (Wildman–Crippen MR) is 96.5 cm³/mol. The van der Waals surface area contributed by atoms with Crippen molar-refractivity contribution in [3.63, 3.8) is 0 Å². The number of nitrogens with zero attached hydrogens (tertiary/aromatic N) is 1. The SMILES string of the molecule is CCOC(=O)c1cc(C)n(CC(=O)Nc2ccc(OC)c(Cl)c2)c1C. The fraction of sp³-hybridized carbons (Fsp3) is 0.333. The fourth-order valence-electron chi connectivity index (χ4n) is 2.55. The third-order valence-electron chi connectivity index (χ3n) is 3.81.